The molecule has 0 aliphatic carbocycles. The Morgan fingerprint density at radius 3 is 3.08 bits per heavy atom. The quantitative estimate of drug-likeness (QED) is 0.832. The second-order valence-electron chi connectivity index (χ2n) is 6.90. The molecule has 2 aromatic rings. The van der Waals surface area contributed by atoms with E-state index in [1.807, 2.05) is 35.1 Å². The number of anilines is 1. The molecule has 136 valence electrons. The van der Waals surface area contributed by atoms with Gasteiger partial charge in [-0.15, -0.1) is 0 Å². The van der Waals surface area contributed by atoms with Gasteiger partial charge in [-0.05, 0) is 37.5 Å². The van der Waals surface area contributed by atoms with Gasteiger partial charge in [-0.25, -0.2) is 0 Å². The zero-order valence-corrected chi connectivity index (χ0v) is 16.0. The Balaban J connectivity index is 1.38. The Kier molecular flexibility index (Phi) is 4.80. The Hall–Kier alpha value is -2.15. The summed E-state index contributed by atoms with van der Waals surface area (Å²) in [6.07, 6.45) is 5.46. The maximum Gasteiger partial charge on any atom is 0.227 e. The monoisotopic (exact) mass is 416 g/mol. The topological polar surface area (TPSA) is 67.2 Å². The van der Waals surface area contributed by atoms with Gasteiger partial charge in [0.25, 0.3) is 0 Å². The van der Waals surface area contributed by atoms with Crippen molar-refractivity contribution in [2.24, 2.45) is 5.92 Å². The van der Waals surface area contributed by atoms with Gasteiger partial charge < -0.3 is 10.2 Å². The molecule has 1 saturated heterocycles. The average molecular weight is 417 g/mol. The molecule has 7 heteroatoms. The maximum absolute atomic E-state index is 12.6. The number of carbonyl (C=O) groups excluding carboxylic acids is 2. The van der Waals surface area contributed by atoms with Crippen LogP contribution in [-0.2, 0) is 29.1 Å². The molecule has 0 unspecified atom stereocenters. The van der Waals surface area contributed by atoms with Gasteiger partial charge >= 0.3 is 0 Å². The molecule has 2 aliphatic rings. The van der Waals surface area contributed by atoms with E-state index in [2.05, 4.69) is 26.3 Å². The Morgan fingerprint density at radius 1 is 1.35 bits per heavy atom. The molecule has 1 atom stereocenters. The number of carbonyl (C=O) groups is 2. The van der Waals surface area contributed by atoms with Crippen molar-refractivity contribution < 1.29 is 9.59 Å². The van der Waals surface area contributed by atoms with Crippen LogP contribution in [0.1, 0.15) is 30.5 Å². The first-order valence-electron chi connectivity index (χ1n) is 8.99. The number of hydrogen-bond donors (Lipinski definition) is 1. The molecule has 4 rings (SSSR count). The predicted molar refractivity (Wildman–Crippen MR) is 102 cm³/mol. The Morgan fingerprint density at radius 2 is 2.23 bits per heavy atom. The summed E-state index contributed by atoms with van der Waals surface area (Å²) in [5, 5.41) is 7.40. The van der Waals surface area contributed by atoms with Crippen LogP contribution in [0.3, 0.4) is 0 Å². The minimum Gasteiger partial charge on any atom is -0.352 e. The number of nitrogens with zero attached hydrogens (tertiary/aromatic N) is 3. The maximum atomic E-state index is 12.6. The highest BCUT2D eigenvalue weighted by Crippen LogP contribution is 2.27. The number of halogens is 1. The van der Waals surface area contributed by atoms with Gasteiger partial charge in [0.05, 0.1) is 12.1 Å². The fourth-order valence-electron chi connectivity index (χ4n) is 3.74. The van der Waals surface area contributed by atoms with E-state index in [-0.39, 0.29) is 24.2 Å². The molecule has 0 saturated carbocycles. The SMILES string of the molecule is O=C(NCc1cnn2c1CCCC2)[C@H]1CC(=O)N(c2cccc(Br)c2)C1. The van der Waals surface area contributed by atoms with Crippen LogP contribution in [0, 0.1) is 5.92 Å². The third-order valence-corrected chi connectivity index (χ3v) is 5.63. The lowest BCUT2D eigenvalue weighted by Gasteiger charge is -2.17. The summed E-state index contributed by atoms with van der Waals surface area (Å²) in [5.74, 6) is -0.384. The molecule has 0 radical (unpaired) electrons. The van der Waals surface area contributed by atoms with Gasteiger partial charge in [-0.1, -0.05) is 22.0 Å². The lowest BCUT2D eigenvalue weighted by molar-refractivity contribution is -0.126. The van der Waals surface area contributed by atoms with E-state index < -0.39 is 0 Å². The molecule has 1 fully saturated rings. The second kappa shape index (κ2) is 7.23. The van der Waals surface area contributed by atoms with Crippen LogP contribution in [-0.4, -0.2) is 28.1 Å². The first kappa shape index (κ1) is 17.3. The highest BCUT2D eigenvalue weighted by molar-refractivity contribution is 9.10. The Labute approximate surface area is 160 Å². The first-order valence-corrected chi connectivity index (χ1v) is 9.78. The van der Waals surface area contributed by atoms with E-state index in [1.54, 1.807) is 4.90 Å². The van der Waals surface area contributed by atoms with Gasteiger partial charge in [0.15, 0.2) is 0 Å². The number of amides is 2. The van der Waals surface area contributed by atoms with Gasteiger partial charge in [0, 0.05) is 47.5 Å². The third kappa shape index (κ3) is 3.40. The fourth-order valence-corrected chi connectivity index (χ4v) is 4.12. The zero-order chi connectivity index (χ0) is 18.1. The van der Waals surface area contributed by atoms with Crippen molar-refractivity contribution in [3.63, 3.8) is 0 Å². The van der Waals surface area contributed by atoms with Crippen molar-refractivity contribution in [2.75, 3.05) is 11.4 Å². The van der Waals surface area contributed by atoms with E-state index in [1.165, 1.54) is 12.1 Å². The zero-order valence-electron chi connectivity index (χ0n) is 14.4. The lowest BCUT2D eigenvalue weighted by atomic mass is 10.1. The fraction of sp³-hybridized carbons (Fsp3) is 0.421. The van der Waals surface area contributed by atoms with E-state index >= 15 is 0 Å². The molecule has 1 aromatic heterocycles. The second-order valence-corrected chi connectivity index (χ2v) is 7.82. The van der Waals surface area contributed by atoms with Crippen molar-refractivity contribution in [1.29, 1.82) is 0 Å². The molecule has 0 spiro atoms. The predicted octanol–water partition coefficient (Wildman–Crippen LogP) is 2.65. The van der Waals surface area contributed by atoms with Gasteiger partial charge in [-0.3, -0.25) is 14.3 Å². The number of hydrogen-bond acceptors (Lipinski definition) is 3. The summed E-state index contributed by atoms with van der Waals surface area (Å²) in [5.41, 5.74) is 3.14. The van der Waals surface area contributed by atoms with Crippen LogP contribution in [0.15, 0.2) is 34.9 Å². The smallest absolute Gasteiger partial charge is 0.227 e. The largest absolute Gasteiger partial charge is 0.352 e. The van der Waals surface area contributed by atoms with Gasteiger partial charge in [0.1, 0.15) is 0 Å². The summed E-state index contributed by atoms with van der Waals surface area (Å²) in [4.78, 5) is 26.6. The molecule has 1 aromatic carbocycles. The number of aryl methyl sites for hydroxylation is 1. The summed E-state index contributed by atoms with van der Waals surface area (Å²) >= 11 is 3.42. The summed E-state index contributed by atoms with van der Waals surface area (Å²) in [6.45, 7) is 1.87. The Bertz CT molecular complexity index is 848. The van der Waals surface area contributed by atoms with E-state index in [0.29, 0.717) is 13.1 Å². The molecule has 6 nitrogen and oxygen atoms in total. The van der Waals surface area contributed by atoms with Crippen molar-refractivity contribution in [3.05, 3.63) is 46.2 Å². The van der Waals surface area contributed by atoms with E-state index in [0.717, 1.165) is 35.1 Å². The van der Waals surface area contributed by atoms with Gasteiger partial charge in [0.2, 0.25) is 11.8 Å². The van der Waals surface area contributed by atoms with Gasteiger partial charge in [-0.2, -0.15) is 5.10 Å². The summed E-state index contributed by atoms with van der Waals surface area (Å²) < 4.78 is 2.96. The molecule has 1 N–H and O–H groups in total. The average Bonchev–Trinajstić information content (AvgIpc) is 3.23. The molecule has 3 heterocycles. The number of rotatable bonds is 4. The number of fused-ring (bicyclic) bond motifs is 1. The normalized spacial score (nSPS) is 19.5. The van der Waals surface area contributed by atoms with Crippen molar-refractivity contribution in [3.8, 4) is 0 Å². The lowest BCUT2D eigenvalue weighted by Crippen LogP contribution is -2.32. The minimum atomic E-state index is -0.312. The third-order valence-electron chi connectivity index (χ3n) is 5.14. The number of benzene rings is 1. The van der Waals surface area contributed by atoms with Crippen LogP contribution in [0.25, 0.3) is 0 Å². The highest BCUT2D eigenvalue weighted by Gasteiger charge is 2.35. The first-order chi connectivity index (χ1) is 12.6. The molecule has 2 amide bonds. The van der Waals surface area contributed by atoms with Crippen molar-refractivity contribution >= 4 is 33.4 Å². The van der Waals surface area contributed by atoms with Crippen LogP contribution in [0.2, 0.25) is 0 Å². The van der Waals surface area contributed by atoms with Crippen LogP contribution >= 0.6 is 15.9 Å². The van der Waals surface area contributed by atoms with Crippen LogP contribution < -0.4 is 10.2 Å². The van der Waals surface area contributed by atoms with E-state index in [9.17, 15) is 9.59 Å². The van der Waals surface area contributed by atoms with Crippen molar-refractivity contribution in [1.82, 2.24) is 15.1 Å². The molecular weight excluding hydrogens is 396 g/mol. The molecule has 2 aliphatic heterocycles. The van der Waals surface area contributed by atoms with Crippen LogP contribution in [0.5, 0.6) is 0 Å². The number of nitrogens with one attached hydrogen (secondary N) is 1. The molecule has 26 heavy (non-hydrogen) atoms. The molecular formula is C19H21BrN4O2. The number of aromatic nitrogens is 2. The van der Waals surface area contributed by atoms with E-state index in [4.69, 9.17) is 0 Å². The van der Waals surface area contributed by atoms with Crippen LogP contribution in [0.4, 0.5) is 5.69 Å². The summed E-state index contributed by atoms with van der Waals surface area (Å²) in [7, 11) is 0. The standard InChI is InChI=1S/C19H21BrN4O2/c20-15-4-3-5-16(9-15)23-12-13(8-18(23)25)19(26)21-10-14-11-22-24-7-2-1-6-17(14)24/h3-5,9,11,13H,1-2,6-8,10,12H2,(H,21,26)/t13-/m0/s1. The highest BCUT2D eigenvalue weighted by atomic mass is 79.9. The summed E-state index contributed by atoms with van der Waals surface area (Å²) in [6, 6.07) is 7.60. The molecule has 0 bridgehead atoms. The minimum absolute atomic E-state index is 0.00818. The van der Waals surface area contributed by atoms with Crippen molar-refractivity contribution in [2.45, 2.75) is 38.8 Å².